The highest BCUT2D eigenvalue weighted by Crippen LogP contribution is 2.10. The summed E-state index contributed by atoms with van der Waals surface area (Å²) >= 11 is 0. The molecule has 0 fully saturated rings. The van der Waals surface area contributed by atoms with Gasteiger partial charge in [-0.2, -0.15) is 0 Å². The molecule has 0 aromatic heterocycles. The smallest absolute Gasteiger partial charge is 0.350 e. The van der Waals surface area contributed by atoms with Crippen LogP contribution in [0.4, 0.5) is 0 Å². The van der Waals surface area contributed by atoms with E-state index in [-0.39, 0.29) is 5.97 Å². The highest BCUT2D eigenvalue weighted by atomic mass is 16.7. The third kappa shape index (κ3) is 1.94. The van der Waals surface area contributed by atoms with Crippen molar-refractivity contribution in [3.63, 3.8) is 0 Å². The van der Waals surface area contributed by atoms with Crippen LogP contribution in [-0.2, 0) is 14.4 Å². The molecule has 1 aliphatic rings. The maximum absolute atomic E-state index is 11.0. The Morgan fingerprint density at radius 1 is 1.92 bits per heavy atom. The Bertz CT molecular complexity index is 203. The lowest BCUT2D eigenvalue weighted by atomic mass is 10.2. The number of esters is 1. The van der Waals surface area contributed by atoms with E-state index in [0.717, 1.165) is 0 Å². The molecule has 0 bridgehead atoms. The summed E-state index contributed by atoms with van der Waals surface area (Å²) in [6, 6.07) is 0. The summed E-state index contributed by atoms with van der Waals surface area (Å²) in [5.74, 6) is -0.371. The number of oxime groups is 1. The van der Waals surface area contributed by atoms with Gasteiger partial charge in [0.1, 0.15) is 0 Å². The van der Waals surface area contributed by atoms with E-state index in [1.807, 2.05) is 0 Å². The summed E-state index contributed by atoms with van der Waals surface area (Å²) in [7, 11) is 0. The number of ether oxygens (including phenoxy) is 1. The zero-order valence-corrected chi connectivity index (χ0v) is 6.95. The average Bonchev–Trinajstić information content (AvgIpc) is 2.52. The third-order valence-corrected chi connectivity index (χ3v) is 1.52. The highest BCUT2D eigenvalue weighted by Gasteiger charge is 2.28. The second-order valence-electron chi connectivity index (χ2n) is 2.41. The first kappa shape index (κ1) is 8.99. The highest BCUT2D eigenvalue weighted by molar-refractivity contribution is 5.92. The molecule has 0 aromatic rings. The molecule has 0 saturated carbocycles. The van der Waals surface area contributed by atoms with Crippen molar-refractivity contribution in [3.05, 3.63) is 0 Å². The van der Waals surface area contributed by atoms with E-state index < -0.39 is 6.10 Å². The largest absolute Gasteiger partial charge is 0.463 e. The van der Waals surface area contributed by atoms with Gasteiger partial charge < -0.3 is 15.3 Å². The minimum Gasteiger partial charge on any atom is -0.463 e. The molecular formula is C7H12N2O3. The Morgan fingerprint density at radius 3 is 3.17 bits per heavy atom. The fraction of sp³-hybridized carbons (Fsp3) is 0.714. The molecule has 0 spiro atoms. The van der Waals surface area contributed by atoms with Crippen LogP contribution in [0.15, 0.2) is 5.16 Å². The van der Waals surface area contributed by atoms with Crippen molar-refractivity contribution in [2.45, 2.75) is 19.4 Å². The zero-order chi connectivity index (χ0) is 8.97. The molecule has 1 aliphatic heterocycles. The Kier molecular flexibility index (Phi) is 3.04. The molecule has 0 radical (unpaired) electrons. The van der Waals surface area contributed by atoms with Gasteiger partial charge in [0.05, 0.1) is 12.3 Å². The molecule has 1 heterocycles. The summed E-state index contributed by atoms with van der Waals surface area (Å²) in [5, 5.41) is 3.63. The number of carbonyl (C=O) groups excluding carboxylic acids is 1. The van der Waals surface area contributed by atoms with E-state index in [2.05, 4.69) is 5.16 Å². The monoisotopic (exact) mass is 172 g/mol. The van der Waals surface area contributed by atoms with Crippen LogP contribution in [0.25, 0.3) is 0 Å². The Hall–Kier alpha value is -1.10. The molecule has 2 N–H and O–H groups in total. The maximum Gasteiger partial charge on any atom is 0.350 e. The van der Waals surface area contributed by atoms with E-state index in [0.29, 0.717) is 25.3 Å². The molecule has 0 aromatic carbocycles. The van der Waals surface area contributed by atoms with Gasteiger partial charge >= 0.3 is 5.97 Å². The molecule has 12 heavy (non-hydrogen) atoms. The predicted octanol–water partition coefficient (Wildman–Crippen LogP) is -0.347. The summed E-state index contributed by atoms with van der Waals surface area (Å²) in [6.07, 6.45) is -0.126. The zero-order valence-electron chi connectivity index (χ0n) is 6.95. The van der Waals surface area contributed by atoms with Crippen molar-refractivity contribution in [2.24, 2.45) is 10.9 Å². The van der Waals surface area contributed by atoms with Crippen LogP contribution in [0.5, 0.6) is 0 Å². The Balaban J connectivity index is 2.35. The van der Waals surface area contributed by atoms with Gasteiger partial charge in [0.2, 0.25) is 6.10 Å². The van der Waals surface area contributed by atoms with Gasteiger partial charge in [-0.25, -0.2) is 4.79 Å². The first-order chi connectivity index (χ1) is 5.77. The number of hydrogen-bond acceptors (Lipinski definition) is 5. The number of rotatable bonds is 3. The molecule has 1 rings (SSSR count). The lowest BCUT2D eigenvalue weighted by molar-refractivity contribution is -0.154. The van der Waals surface area contributed by atoms with Gasteiger partial charge in [-0.05, 0) is 6.92 Å². The van der Waals surface area contributed by atoms with Crippen molar-refractivity contribution < 1.29 is 14.4 Å². The van der Waals surface area contributed by atoms with Crippen LogP contribution in [-0.4, -0.2) is 30.9 Å². The van der Waals surface area contributed by atoms with Crippen LogP contribution < -0.4 is 5.73 Å². The van der Waals surface area contributed by atoms with Gasteiger partial charge in [-0.3, -0.25) is 0 Å². The van der Waals surface area contributed by atoms with Gasteiger partial charge in [-0.15, -0.1) is 0 Å². The maximum atomic E-state index is 11.0. The topological polar surface area (TPSA) is 73.9 Å². The fourth-order valence-electron chi connectivity index (χ4n) is 0.909. The van der Waals surface area contributed by atoms with Gasteiger partial charge in [0.15, 0.2) is 0 Å². The third-order valence-electron chi connectivity index (χ3n) is 1.52. The predicted molar refractivity (Wildman–Crippen MR) is 42.6 cm³/mol. The molecule has 68 valence electrons. The van der Waals surface area contributed by atoms with E-state index in [1.165, 1.54) is 0 Å². The molecular weight excluding hydrogens is 160 g/mol. The van der Waals surface area contributed by atoms with Gasteiger partial charge in [-0.1, -0.05) is 5.16 Å². The Morgan fingerprint density at radius 2 is 2.67 bits per heavy atom. The number of nitrogens with zero attached hydrogens (tertiary/aromatic N) is 1. The second kappa shape index (κ2) is 4.06. The minimum absolute atomic E-state index is 0.329. The van der Waals surface area contributed by atoms with Gasteiger partial charge in [0, 0.05) is 13.0 Å². The van der Waals surface area contributed by atoms with Crippen molar-refractivity contribution >= 4 is 11.7 Å². The summed E-state index contributed by atoms with van der Waals surface area (Å²) in [6.45, 7) is 2.43. The van der Waals surface area contributed by atoms with Crippen LogP contribution in [0.2, 0.25) is 0 Å². The fourth-order valence-corrected chi connectivity index (χ4v) is 0.909. The van der Waals surface area contributed by atoms with Crippen molar-refractivity contribution in [3.8, 4) is 0 Å². The average molecular weight is 172 g/mol. The lowest BCUT2D eigenvalue weighted by Gasteiger charge is -2.05. The standard InChI is InChI=1S/C7H12N2O3/c1-2-11-7(10)6-3-5(4-8)9-12-6/h6H,2-4,8H2,1H3. The normalized spacial score (nSPS) is 21.5. The Labute approximate surface area is 70.5 Å². The van der Waals surface area contributed by atoms with Crippen LogP contribution in [0, 0.1) is 0 Å². The molecule has 0 saturated heterocycles. The minimum atomic E-state index is -0.580. The van der Waals surface area contributed by atoms with E-state index >= 15 is 0 Å². The number of carbonyl (C=O) groups is 1. The SMILES string of the molecule is CCOC(=O)C1CC(CN)=NO1. The summed E-state index contributed by atoms with van der Waals surface area (Å²) in [4.78, 5) is 15.8. The molecule has 1 unspecified atom stereocenters. The summed E-state index contributed by atoms with van der Waals surface area (Å²) in [5.41, 5.74) is 6.01. The first-order valence-corrected chi connectivity index (χ1v) is 3.86. The molecule has 5 heteroatoms. The van der Waals surface area contributed by atoms with Crippen LogP contribution in [0.3, 0.4) is 0 Å². The quantitative estimate of drug-likeness (QED) is 0.590. The molecule has 5 nitrogen and oxygen atoms in total. The summed E-state index contributed by atoms with van der Waals surface area (Å²) < 4.78 is 4.74. The first-order valence-electron chi connectivity index (χ1n) is 3.86. The number of hydrogen-bond donors (Lipinski definition) is 1. The van der Waals surface area contributed by atoms with E-state index in [9.17, 15) is 4.79 Å². The van der Waals surface area contributed by atoms with E-state index in [1.54, 1.807) is 6.92 Å². The van der Waals surface area contributed by atoms with Crippen molar-refractivity contribution in [1.29, 1.82) is 0 Å². The van der Waals surface area contributed by atoms with Gasteiger partial charge in [0.25, 0.3) is 0 Å². The van der Waals surface area contributed by atoms with Crippen LogP contribution >= 0.6 is 0 Å². The van der Waals surface area contributed by atoms with E-state index in [4.69, 9.17) is 15.3 Å². The molecule has 1 atom stereocenters. The van der Waals surface area contributed by atoms with Crippen molar-refractivity contribution in [2.75, 3.05) is 13.2 Å². The van der Waals surface area contributed by atoms with Crippen molar-refractivity contribution in [1.82, 2.24) is 0 Å². The lowest BCUT2D eigenvalue weighted by Crippen LogP contribution is -2.24. The molecule has 0 aliphatic carbocycles. The molecule has 0 amide bonds. The second-order valence-corrected chi connectivity index (χ2v) is 2.41. The van der Waals surface area contributed by atoms with Crippen LogP contribution in [0.1, 0.15) is 13.3 Å². The number of nitrogens with two attached hydrogens (primary N) is 1.